The molecule has 2 nitrogen and oxygen atoms in total. The third-order valence-corrected chi connectivity index (χ3v) is 3.41. The second kappa shape index (κ2) is 4.66. The molecule has 0 amide bonds. The summed E-state index contributed by atoms with van der Waals surface area (Å²) in [7, 11) is 0. The average Bonchev–Trinajstić information content (AvgIpc) is 2.63. The Balaban J connectivity index is 2.72. The number of nitrogens with two attached hydrogens (primary N) is 1. The lowest BCUT2D eigenvalue weighted by molar-refractivity contribution is 0.545. The number of furan rings is 1. The van der Waals surface area contributed by atoms with Gasteiger partial charge in [0.05, 0.1) is 11.6 Å². The molecule has 0 aliphatic rings. The fourth-order valence-corrected chi connectivity index (χ4v) is 2.25. The summed E-state index contributed by atoms with van der Waals surface area (Å²) in [6, 6.07) is 3.73. The third kappa shape index (κ3) is 1.81. The molecule has 0 atom stereocenters. The van der Waals surface area contributed by atoms with Crippen molar-refractivity contribution in [3.63, 3.8) is 0 Å². The van der Waals surface area contributed by atoms with Crippen molar-refractivity contribution in [3.05, 3.63) is 33.5 Å². The molecule has 2 aromatic rings. The zero-order chi connectivity index (χ0) is 11.7. The van der Waals surface area contributed by atoms with Crippen LogP contribution in [0, 0.1) is 0 Å². The van der Waals surface area contributed by atoms with Crippen LogP contribution in [0.1, 0.15) is 24.7 Å². The molecule has 0 spiro atoms. The Morgan fingerprint density at radius 2 is 2.06 bits per heavy atom. The molecule has 1 aromatic heterocycles. The number of rotatable bonds is 3. The van der Waals surface area contributed by atoms with Gasteiger partial charge in [-0.25, -0.2) is 0 Å². The highest BCUT2D eigenvalue weighted by Gasteiger charge is 2.15. The normalized spacial score (nSPS) is 11.2. The molecule has 16 heavy (non-hydrogen) atoms. The van der Waals surface area contributed by atoms with E-state index in [0.29, 0.717) is 22.2 Å². The van der Waals surface area contributed by atoms with E-state index in [4.69, 9.17) is 33.4 Å². The zero-order valence-corrected chi connectivity index (χ0v) is 10.5. The molecule has 0 saturated heterocycles. The molecule has 86 valence electrons. The van der Waals surface area contributed by atoms with Crippen LogP contribution in [0.25, 0.3) is 11.0 Å². The molecular weight excluding hydrogens is 245 g/mol. The van der Waals surface area contributed by atoms with Crippen LogP contribution in [0.3, 0.4) is 0 Å². The molecule has 0 aliphatic heterocycles. The number of halogens is 2. The van der Waals surface area contributed by atoms with Crippen LogP contribution >= 0.6 is 23.2 Å². The van der Waals surface area contributed by atoms with E-state index in [1.165, 1.54) is 0 Å². The molecule has 1 aromatic carbocycles. The van der Waals surface area contributed by atoms with Crippen molar-refractivity contribution in [2.24, 2.45) is 5.73 Å². The first-order chi connectivity index (χ1) is 7.69. The van der Waals surface area contributed by atoms with Crippen molar-refractivity contribution in [3.8, 4) is 0 Å². The highest BCUT2D eigenvalue weighted by Crippen LogP contribution is 2.36. The van der Waals surface area contributed by atoms with Gasteiger partial charge in [0.2, 0.25) is 0 Å². The van der Waals surface area contributed by atoms with Crippen LogP contribution in [-0.4, -0.2) is 0 Å². The van der Waals surface area contributed by atoms with Gasteiger partial charge in [-0.3, -0.25) is 0 Å². The van der Waals surface area contributed by atoms with Gasteiger partial charge in [-0.1, -0.05) is 36.5 Å². The highest BCUT2D eigenvalue weighted by molar-refractivity contribution is 6.44. The summed E-state index contributed by atoms with van der Waals surface area (Å²) in [5.74, 6) is 0.806. The molecular formula is C12H13Cl2NO. The summed E-state index contributed by atoms with van der Waals surface area (Å²) in [4.78, 5) is 0. The summed E-state index contributed by atoms with van der Waals surface area (Å²) in [6.07, 6.45) is 1.99. The second-order valence-electron chi connectivity index (χ2n) is 3.70. The third-order valence-electron chi connectivity index (χ3n) is 2.62. The lowest BCUT2D eigenvalue weighted by Crippen LogP contribution is -1.98. The minimum atomic E-state index is 0.387. The van der Waals surface area contributed by atoms with E-state index in [9.17, 15) is 0 Å². The molecule has 0 unspecified atom stereocenters. The van der Waals surface area contributed by atoms with Crippen molar-refractivity contribution < 1.29 is 4.42 Å². The summed E-state index contributed by atoms with van der Waals surface area (Å²) in [6.45, 7) is 2.51. The van der Waals surface area contributed by atoms with Gasteiger partial charge in [0, 0.05) is 10.9 Å². The summed E-state index contributed by atoms with van der Waals surface area (Å²) >= 11 is 12.0. The van der Waals surface area contributed by atoms with Crippen molar-refractivity contribution in [1.29, 1.82) is 0 Å². The van der Waals surface area contributed by atoms with E-state index in [-0.39, 0.29) is 0 Å². The molecule has 0 radical (unpaired) electrons. The quantitative estimate of drug-likeness (QED) is 0.898. The first-order valence-electron chi connectivity index (χ1n) is 5.27. The minimum Gasteiger partial charge on any atom is -0.458 e. The molecule has 2 rings (SSSR count). The maximum absolute atomic E-state index is 6.10. The number of benzene rings is 1. The van der Waals surface area contributed by atoms with Gasteiger partial charge in [0.15, 0.2) is 5.58 Å². The predicted octanol–water partition coefficient (Wildman–Crippen LogP) is 4.15. The van der Waals surface area contributed by atoms with Crippen molar-refractivity contribution in [2.75, 3.05) is 0 Å². The van der Waals surface area contributed by atoms with E-state index in [1.54, 1.807) is 6.07 Å². The molecule has 0 bridgehead atoms. The molecule has 0 fully saturated rings. The second-order valence-corrected chi connectivity index (χ2v) is 4.48. The Hall–Kier alpha value is -0.700. The van der Waals surface area contributed by atoms with E-state index in [0.717, 1.165) is 29.6 Å². The standard InChI is InChI=1S/C12H13Cl2NO/c1-2-3-7-8-4-5-9(13)11(14)12(8)16-10(7)6-15/h4-5H,2-3,6,15H2,1H3. The molecule has 0 aliphatic carbocycles. The summed E-state index contributed by atoms with van der Waals surface area (Å²) < 4.78 is 5.67. The van der Waals surface area contributed by atoms with Crippen LogP contribution in [0.4, 0.5) is 0 Å². The lowest BCUT2D eigenvalue weighted by atomic mass is 10.1. The fourth-order valence-electron chi connectivity index (χ4n) is 1.89. The van der Waals surface area contributed by atoms with Crippen LogP contribution < -0.4 is 5.73 Å². The molecule has 1 heterocycles. The summed E-state index contributed by atoms with van der Waals surface area (Å²) in [5.41, 5.74) is 7.47. The van der Waals surface area contributed by atoms with Crippen molar-refractivity contribution >= 4 is 34.2 Å². The Morgan fingerprint density at radius 1 is 1.31 bits per heavy atom. The SMILES string of the molecule is CCCc1c(CN)oc2c(Cl)c(Cl)ccc12. The smallest absolute Gasteiger partial charge is 0.154 e. The fraction of sp³-hybridized carbons (Fsp3) is 0.333. The van der Waals surface area contributed by atoms with Gasteiger partial charge in [-0.05, 0) is 18.6 Å². The topological polar surface area (TPSA) is 39.2 Å². The van der Waals surface area contributed by atoms with Crippen LogP contribution in [0.5, 0.6) is 0 Å². The van der Waals surface area contributed by atoms with Gasteiger partial charge in [0.25, 0.3) is 0 Å². The van der Waals surface area contributed by atoms with Crippen molar-refractivity contribution in [1.82, 2.24) is 0 Å². The summed E-state index contributed by atoms with van der Waals surface area (Å²) in [5, 5.41) is 2.00. The van der Waals surface area contributed by atoms with Gasteiger partial charge >= 0.3 is 0 Å². The van der Waals surface area contributed by atoms with E-state index in [2.05, 4.69) is 6.92 Å². The maximum atomic E-state index is 6.10. The molecule has 0 saturated carbocycles. The minimum absolute atomic E-state index is 0.387. The largest absolute Gasteiger partial charge is 0.458 e. The number of aryl methyl sites for hydroxylation is 1. The lowest BCUT2D eigenvalue weighted by Gasteiger charge is -1.98. The zero-order valence-electron chi connectivity index (χ0n) is 9.02. The highest BCUT2D eigenvalue weighted by atomic mass is 35.5. The predicted molar refractivity (Wildman–Crippen MR) is 68.1 cm³/mol. The van der Waals surface area contributed by atoms with E-state index in [1.807, 2.05) is 6.07 Å². The Kier molecular flexibility index (Phi) is 3.43. The number of hydrogen-bond donors (Lipinski definition) is 1. The van der Waals surface area contributed by atoms with E-state index >= 15 is 0 Å². The Morgan fingerprint density at radius 3 is 2.69 bits per heavy atom. The van der Waals surface area contributed by atoms with E-state index < -0.39 is 0 Å². The van der Waals surface area contributed by atoms with Crippen LogP contribution in [0.15, 0.2) is 16.5 Å². The molecule has 2 N–H and O–H groups in total. The molecule has 4 heteroatoms. The number of fused-ring (bicyclic) bond motifs is 1. The maximum Gasteiger partial charge on any atom is 0.154 e. The Labute approximate surface area is 104 Å². The van der Waals surface area contributed by atoms with Crippen LogP contribution in [0.2, 0.25) is 10.0 Å². The average molecular weight is 258 g/mol. The van der Waals surface area contributed by atoms with Gasteiger partial charge < -0.3 is 10.2 Å². The van der Waals surface area contributed by atoms with Crippen LogP contribution in [-0.2, 0) is 13.0 Å². The monoisotopic (exact) mass is 257 g/mol. The number of hydrogen-bond acceptors (Lipinski definition) is 2. The van der Waals surface area contributed by atoms with Gasteiger partial charge in [-0.2, -0.15) is 0 Å². The Bertz CT molecular complexity index is 519. The first-order valence-corrected chi connectivity index (χ1v) is 6.03. The van der Waals surface area contributed by atoms with Gasteiger partial charge in [-0.15, -0.1) is 0 Å². The van der Waals surface area contributed by atoms with Crippen molar-refractivity contribution in [2.45, 2.75) is 26.3 Å². The van der Waals surface area contributed by atoms with Gasteiger partial charge in [0.1, 0.15) is 10.8 Å². The first kappa shape index (κ1) is 11.8.